The minimum atomic E-state index is -0.444. The van der Waals surface area contributed by atoms with Crippen LogP contribution in [0, 0.1) is 0 Å². The van der Waals surface area contributed by atoms with Crippen molar-refractivity contribution in [1.29, 1.82) is 0 Å². The van der Waals surface area contributed by atoms with E-state index in [-0.39, 0.29) is 11.9 Å². The van der Waals surface area contributed by atoms with Gasteiger partial charge >= 0.3 is 0 Å². The van der Waals surface area contributed by atoms with E-state index in [1.807, 2.05) is 20.9 Å². The van der Waals surface area contributed by atoms with Gasteiger partial charge in [0.15, 0.2) is 5.82 Å². The highest BCUT2D eigenvalue weighted by Gasteiger charge is 2.18. The molecule has 3 N–H and O–H groups in total. The van der Waals surface area contributed by atoms with Gasteiger partial charge in [-0.05, 0) is 13.3 Å². The summed E-state index contributed by atoms with van der Waals surface area (Å²) in [7, 11) is 1.84. The lowest BCUT2D eigenvalue weighted by molar-refractivity contribution is -0.123. The first-order chi connectivity index (χ1) is 7.56. The number of carbonyl (C=O) groups excluding carboxylic acids is 1. The smallest absolute Gasteiger partial charge is 0.237 e. The maximum absolute atomic E-state index is 11.7. The van der Waals surface area contributed by atoms with Crippen molar-refractivity contribution in [1.82, 2.24) is 20.1 Å². The number of hydrogen-bond donors (Lipinski definition) is 2. The molecule has 6 heteroatoms. The first-order valence-corrected chi connectivity index (χ1v) is 5.46. The predicted molar refractivity (Wildman–Crippen MR) is 60.4 cm³/mol. The molecule has 0 fully saturated rings. The quantitative estimate of drug-likeness (QED) is 0.745. The molecule has 0 spiro atoms. The summed E-state index contributed by atoms with van der Waals surface area (Å²) in [5.41, 5.74) is 5.71. The summed E-state index contributed by atoms with van der Waals surface area (Å²) in [6, 6.07) is -0.622. The predicted octanol–water partition coefficient (Wildman–Crippen LogP) is 0.120. The minimum absolute atomic E-state index is 0.141. The molecule has 0 aromatic carbocycles. The van der Waals surface area contributed by atoms with Gasteiger partial charge in [0.1, 0.15) is 6.33 Å². The third kappa shape index (κ3) is 3.03. The van der Waals surface area contributed by atoms with Crippen LogP contribution in [0.4, 0.5) is 0 Å². The van der Waals surface area contributed by atoms with Crippen molar-refractivity contribution in [2.24, 2.45) is 12.8 Å². The Morgan fingerprint density at radius 3 is 2.88 bits per heavy atom. The van der Waals surface area contributed by atoms with Crippen molar-refractivity contribution < 1.29 is 4.79 Å². The SMILES string of the molecule is CCC[C@@H](N)C(=O)NC(C)c1nncn1C. The fraction of sp³-hybridized carbons (Fsp3) is 0.700. The van der Waals surface area contributed by atoms with Crippen LogP contribution in [-0.2, 0) is 11.8 Å². The monoisotopic (exact) mass is 225 g/mol. The second-order valence-corrected chi connectivity index (χ2v) is 3.93. The zero-order valence-electron chi connectivity index (χ0n) is 9.97. The summed E-state index contributed by atoms with van der Waals surface area (Å²) in [6.07, 6.45) is 3.19. The molecule has 90 valence electrons. The summed E-state index contributed by atoms with van der Waals surface area (Å²) in [5, 5.41) is 10.5. The normalized spacial score (nSPS) is 14.5. The molecule has 1 unspecified atom stereocenters. The van der Waals surface area contributed by atoms with Crippen molar-refractivity contribution in [2.75, 3.05) is 0 Å². The highest BCUT2D eigenvalue weighted by molar-refractivity contribution is 5.81. The van der Waals surface area contributed by atoms with Crippen molar-refractivity contribution >= 4 is 5.91 Å². The molecule has 2 atom stereocenters. The molecule has 0 aliphatic rings. The molecular weight excluding hydrogens is 206 g/mol. The van der Waals surface area contributed by atoms with Gasteiger partial charge < -0.3 is 15.6 Å². The van der Waals surface area contributed by atoms with Crippen molar-refractivity contribution in [3.8, 4) is 0 Å². The van der Waals surface area contributed by atoms with Gasteiger partial charge in [0.2, 0.25) is 5.91 Å². The average Bonchev–Trinajstić information content (AvgIpc) is 2.64. The Balaban J connectivity index is 2.55. The van der Waals surface area contributed by atoms with E-state index in [4.69, 9.17) is 5.73 Å². The Morgan fingerprint density at radius 2 is 2.38 bits per heavy atom. The Morgan fingerprint density at radius 1 is 1.69 bits per heavy atom. The lowest BCUT2D eigenvalue weighted by Crippen LogP contribution is -2.41. The zero-order chi connectivity index (χ0) is 12.1. The van der Waals surface area contributed by atoms with Crippen molar-refractivity contribution in [2.45, 2.75) is 38.8 Å². The van der Waals surface area contributed by atoms with Gasteiger partial charge in [-0.1, -0.05) is 13.3 Å². The molecule has 1 amide bonds. The van der Waals surface area contributed by atoms with Crippen molar-refractivity contribution in [3.05, 3.63) is 12.2 Å². The molecule has 0 bridgehead atoms. The Bertz CT molecular complexity index is 349. The lowest BCUT2D eigenvalue weighted by Gasteiger charge is -2.16. The molecule has 0 aliphatic heterocycles. The molecule has 0 saturated heterocycles. The molecule has 1 heterocycles. The fourth-order valence-corrected chi connectivity index (χ4v) is 1.51. The van der Waals surface area contributed by atoms with Crippen LogP contribution >= 0.6 is 0 Å². The van der Waals surface area contributed by atoms with Gasteiger partial charge in [-0.2, -0.15) is 0 Å². The fourth-order valence-electron chi connectivity index (χ4n) is 1.51. The van der Waals surface area contributed by atoms with Crippen LogP contribution in [-0.4, -0.2) is 26.7 Å². The number of nitrogens with two attached hydrogens (primary N) is 1. The van der Waals surface area contributed by atoms with Gasteiger partial charge in [0.25, 0.3) is 0 Å². The largest absolute Gasteiger partial charge is 0.345 e. The standard InChI is InChI=1S/C10H19N5O/c1-4-5-8(11)10(16)13-7(2)9-14-12-6-15(9)3/h6-8H,4-5,11H2,1-3H3,(H,13,16)/t7?,8-/m1/s1. The summed E-state index contributed by atoms with van der Waals surface area (Å²) in [4.78, 5) is 11.7. The van der Waals surface area contributed by atoms with Gasteiger partial charge in [-0.25, -0.2) is 0 Å². The summed E-state index contributed by atoms with van der Waals surface area (Å²) >= 11 is 0. The van der Waals surface area contributed by atoms with Gasteiger partial charge in [0, 0.05) is 7.05 Å². The molecule has 1 aromatic rings. The first kappa shape index (κ1) is 12.6. The molecular formula is C10H19N5O. The maximum atomic E-state index is 11.7. The highest BCUT2D eigenvalue weighted by atomic mass is 16.2. The van der Waals surface area contributed by atoms with Crippen LogP contribution in [0.15, 0.2) is 6.33 Å². The van der Waals surface area contributed by atoms with E-state index in [0.29, 0.717) is 6.42 Å². The van der Waals surface area contributed by atoms with Crippen molar-refractivity contribution in [3.63, 3.8) is 0 Å². The summed E-state index contributed by atoms with van der Waals surface area (Å²) < 4.78 is 1.77. The van der Waals surface area contributed by atoms with E-state index < -0.39 is 6.04 Å². The molecule has 1 aromatic heterocycles. The maximum Gasteiger partial charge on any atom is 0.237 e. The van der Waals surface area contributed by atoms with E-state index in [1.165, 1.54) is 0 Å². The van der Waals surface area contributed by atoms with E-state index in [9.17, 15) is 4.79 Å². The summed E-state index contributed by atoms with van der Waals surface area (Å²) in [5.74, 6) is 0.578. The van der Waals surface area contributed by atoms with E-state index in [2.05, 4.69) is 15.5 Å². The minimum Gasteiger partial charge on any atom is -0.345 e. The Labute approximate surface area is 95.2 Å². The van der Waals surface area contributed by atoms with Crippen LogP contribution < -0.4 is 11.1 Å². The Hall–Kier alpha value is -1.43. The van der Waals surface area contributed by atoms with Crippen LogP contribution in [0.3, 0.4) is 0 Å². The number of rotatable bonds is 5. The zero-order valence-corrected chi connectivity index (χ0v) is 9.97. The van der Waals surface area contributed by atoms with E-state index >= 15 is 0 Å². The second-order valence-electron chi connectivity index (χ2n) is 3.93. The van der Waals surface area contributed by atoms with Gasteiger partial charge in [-0.3, -0.25) is 4.79 Å². The highest BCUT2D eigenvalue weighted by Crippen LogP contribution is 2.07. The third-order valence-electron chi connectivity index (χ3n) is 2.43. The number of aromatic nitrogens is 3. The van der Waals surface area contributed by atoms with Gasteiger partial charge in [0.05, 0.1) is 12.1 Å². The Kier molecular flexibility index (Phi) is 4.42. The lowest BCUT2D eigenvalue weighted by atomic mass is 10.1. The van der Waals surface area contributed by atoms with Crippen LogP contribution in [0.5, 0.6) is 0 Å². The topological polar surface area (TPSA) is 85.8 Å². The number of nitrogens with zero attached hydrogens (tertiary/aromatic N) is 3. The van der Waals surface area contributed by atoms with E-state index in [0.717, 1.165) is 12.2 Å². The van der Waals surface area contributed by atoms with Gasteiger partial charge in [-0.15, -0.1) is 10.2 Å². The van der Waals surface area contributed by atoms with Crippen LogP contribution in [0.1, 0.15) is 38.6 Å². The molecule has 0 aliphatic carbocycles. The number of hydrogen-bond acceptors (Lipinski definition) is 4. The van der Waals surface area contributed by atoms with Crippen LogP contribution in [0.2, 0.25) is 0 Å². The number of carbonyl (C=O) groups is 1. The van der Waals surface area contributed by atoms with E-state index in [1.54, 1.807) is 10.9 Å². The number of nitrogens with one attached hydrogen (secondary N) is 1. The second kappa shape index (κ2) is 5.60. The molecule has 0 radical (unpaired) electrons. The first-order valence-electron chi connectivity index (χ1n) is 5.46. The molecule has 1 rings (SSSR count). The average molecular weight is 225 g/mol. The third-order valence-corrected chi connectivity index (χ3v) is 2.43. The number of amides is 1. The summed E-state index contributed by atoms with van der Waals surface area (Å²) in [6.45, 7) is 3.86. The molecule has 6 nitrogen and oxygen atoms in total. The molecule has 0 saturated carbocycles. The van der Waals surface area contributed by atoms with Crippen LogP contribution in [0.25, 0.3) is 0 Å². The number of aryl methyl sites for hydroxylation is 1. The molecule has 16 heavy (non-hydrogen) atoms.